The average molecular weight is 354 g/mol. The highest BCUT2D eigenvalue weighted by atomic mass is 16.5. The second kappa shape index (κ2) is 8.52. The summed E-state index contributed by atoms with van der Waals surface area (Å²) in [7, 11) is 3.85. The van der Waals surface area contributed by atoms with Gasteiger partial charge in [0.2, 0.25) is 0 Å². The van der Waals surface area contributed by atoms with Crippen LogP contribution in [0.2, 0.25) is 0 Å². The van der Waals surface area contributed by atoms with Gasteiger partial charge in [-0.15, -0.1) is 0 Å². The number of amides is 1. The van der Waals surface area contributed by atoms with Crippen LogP contribution in [-0.2, 0) is 9.53 Å². The van der Waals surface area contributed by atoms with Crippen molar-refractivity contribution in [2.24, 2.45) is 0 Å². The van der Waals surface area contributed by atoms with Crippen molar-refractivity contribution in [1.82, 2.24) is 0 Å². The smallest absolute Gasteiger partial charge is 0.338 e. The average Bonchev–Trinajstić information content (AvgIpc) is 2.62. The van der Waals surface area contributed by atoms with Gasteiger partial charge in [-0.2, -0.15) is 0 Å². The third-order valence-electron chi connectivity index (χ3n) is 4.12. The second-order valence-corrected chi connectivity index (χ2v) is 6.75. The number of rotatable bonds is 6. The molecule has 0 saturated heterocycles. The van der Waals surface area contributed by atoms with Crippen molar-refractivity contribution in [2.75, 3.05) is 24.3 Å². The zero-order valence-electron chi connectivity index (χ0n) is 15.9. The van der Waals surface area contributed by atoms with Gasteiger partial charge in [0.15, 0.2) is 6.10 Å². The third-order valence-corrected chi connectivity index (χ3v) is 4.12. The summed E-state index contributed by atoms with van der Waals surface area (Å²) in [6.45, 7) is 5.78. The molecule has 0 heterocycles. The molecule has 5 nitrogen and oxygen atoms in total. The summed E-state index contributed by atoms with van der Waals surface area (Å²) in [5.74, 6) is -0.452. The van der Waals surface area contributed by atoms with E-state index in [1.54, 1.807) is 19.1 Å². The number of carbonyl (C=O) groups excluding carboxylic acids is 2. The van der Waals surface area contributed by atoms with Crippen LogP contribution in [0.3, 0.4) is 0 Å². The normalized spacial score (nSPS) is 11.8. The molecule has 138 valence electrons. The predicted octanol–water partition coefficient (Wildman–Crippen LogP) is 4.06. The maximum Gasteiger partial charge on any atom is 0.338 e. The van der Waals surface area contributed by atoms with Crippen molar-refractivity contribution >= 4 is 23.3 Å². The van der Waals surface area contributed by atoms with Gasteiger partial charge in [-0.25, -0.2) is 4.79 Å². The van der Waals surface area contributed by atoms with Crippen LogP contribution < -0.4 is 10.2 Å². The van der Waals surface area contributed by atoms with Gasteiger partial charge in [0.05, 0.1) is 5.56 Å². The van der Waals surface area contributed by atoms with E-state index in [0.717, 1.165) is 5.69 Å². The first-order valence-electron chi connectivity index (χ1n) is 8.67. The Morgan fingerprint density at radius 2 is 1.50 bits per heavy atom. The highest BCUT2D eigenvalue weighted by Gasteiger charge is 2.19. The lowest BCUT2D eigenvalue weighted by atomic mass is 10.0. The Hall–Kier alpha value is -2.82. The van der Waals surface area contributed by atoms with E-state index in [1.807, 2.05) is 55.4 Å². The van der Waals surface area contributed by atoms with Crippen LogP contribution in [0.25, 0.3) is 0 Å². The lowest BCUT2D eigenvalue weighted by Crippen LogP contribution is -2.30. The zero-order valence-corrected chi connectivity index (χ0v) is 15.9. The van der Waals surface area contributed by atoms with Crippen molar-refractivity contribution in [1.29, 1.82) is 0 Å². The Bertz CT molecular complexity index is 750. The Morgan fingerprint density at radius 3 is 2.00 bits per heavy atom. The molecular weight excluding hydrogens is 328 g/mol. The minimum atomic E-state index is -0.888. The van der Waals surface area contributed by atoms with E-state index in [4.69, 9.17) is 4.74 Å². The van der Waals surface area contributed by atoms with Crippen molar-refractivity contribution in [3.63, 3.8) is 0 Å². The SMILES string of the molecule is CC(C)c1ccc(NC(=O)[C@H](C)OC(=O)c2ccc(N(C)C)cc2)cc1. The Labute approximate surface area is 155 Å². The first-order valence-corrected chi connectivity index (χ1v) is 8.67. The maximum atomic E-state index is 12.2. The number of ether oxygens (including phenoxy) is 1. The molecule has 1 amide bonds. The van der Waals surface area contributed by atoms with Gasteiger partial charge < -0.3 is 15.0 Å². The highest BCUT2D eigenvalue weighted by Crippen LogP contribution is 2.18. The molecule has 0 aliphatic carbocycles. The monoisotopic (exact) mass is 354 g/mol. The van der Waals surface area contributed by atoms with Gasteiger partial charge in [-0.05, 0) is 54.8 Å². The predicted molar refractivity (Wildman–Crippen MR) is 105 cm³/mol. The number of nitrogens with one attached hydrogen (secondary N) is 1. The van der Waals surface area contributed by atoms with Crippen molar-refractivity contribution in [2.45, 2.75) is 32.8 Å². The summed E-state index contributed by atoms with van der Waals surface area (Å²) in [4.78, 5) is 26.4. The summed E-state index contributed by atoms with van der Waals surface area (Å²) in [6, 6.07) is 14.7. The molecule has 0 aromatic heterocycles. The molecule has 0 saturated carbocycles. The Kier molecular flexibility index (Phi) is 6.39. The molecule has 0 unspecified atom stereocenters. The first-order chi connectivity index (χ1) is 12.3. The van der Waals surface area contributed by atoms with Gasteiger partial charge >= 0.3 is 5.97 Å². The van der Waals surface area contributed by atoms with Gasteiger partial charge in [0, 0.05) is 25.5 Å². The quantitative estimate of drug-likeness (QED) is 0.795. The lowest BCUT2D eigenvalue weighted by Gasteiger charge is -2.15. The summed E-state index contributed by atoms with van der Waals surface area (Å²) >= 11 is 0. The van der Waals surface area contributed by atoms with E-state index < -0.39 is 12.1 Å². The fraction of sp³-hybridized carbons (Fsp3) is 0.333. The van der Waals surface area contributed by atoms with E-state index in [-0.39, 0.29) is 5.91 Å². The fourth-order valence-corrected chi connectivity index (χ4v) is 2.37. The summed E-state index contributed by atoms with van der Waals surface area (Å²) in [5, 5.41) is 2.77. The third kappa shape index (κ3) is 5.09. The molecular formula is C21H26N2O3. The molecule has 0 fully saturated rings. The minimum Gasteiger partial charge on any atom is -0.449 e. The van der Waals surface area contributed by atoms with Crippen molar-refractivity contribution < 1.29 is 14.3 Å². The number of esters is 1. The Balaban J connectivity index is 1.94. The lowest BCUT2D eigenvalue weighted by molar-refractivity contribution is -0.123. The van der Waals surface area contributed by atoms with E-state index in [0.29, 0.717) is 17.2 Å². The molecule has 26 heavy (non-hydrogen) atoms. The maximum absolute atomic E-state index is 12.2. The number of hydrogen-bond acceptors (Lipinski definition) is 4. The van der Waals surface area contributed by atoms with E-state index in [2.05, 4.69) is 19.2 Å². The molecule has 0 aliphatic heterocycles. The summed E-state index contributed by atoms with van der Waals surface area (Å²) in [5.41, 5.74) is 3.27. The molecule has 2 aromatic rings. The molecule has 0 aliphatic rings. The van der Waals surface area contributed by atoms with Crippen molar-refractivity contribution in [3.8, 4) is 0 Å². The van der Waals surface area contributed by atoms with E-state index >= 15 is 0 Å². The topological polar surface area (TPSA) is 58.6 Å². The zero-order chi connectivity index (χ0) is 19.3. The molecule has 0 spiro atoms. The van der Waals surface area contributed by atoms with Crippen LogP contribution in [-0.4, -0.2) is 32.1 Å². The van der Waals surface area contributed by atoms with Crippen LogP contribution in [0.5, 0.6) is 0 Å². The first kappa shape index (κ1) is 19.5. The molecule has 0 radical (unpaired) electrons. The van der Waals surface area contributed by atoms with Gasteiger partial charge in [-0.1, -0.05) is 26.0 Å². The standard InChI is InChI=1S/C21H26N2O3/c1-14(2)16-6-10-18(11-7-16)22-20(24)15(3)26-21(25)17-8-12-19(13-9-17)23(4)5/h6-15H,1-5H3,(H,22,24)/t15-/m0/s1. The molecule has 1 atom stereocenters. The highest BCUT2D eigenvalue weighted by molar-refractivity contribution is 5.97. The van der Waals surface area contributed by atoms with Crippen molar-refractivity contribution in [3.05, 3.63) is 59.7 Å². The molecule has 2 aromatic carbocycles. The molecule has 0 bridgehead atoms. The van der Waals surface area contributed by atoms with Gasteiger partial charge in [0.25, 0.3) is 5.91 Å². The number of benzene rings is 2. The summed E-state index contributed by atoms with van der Waals surface area (Å²) in [6.07, 6.45) is -0.888. The number of anilines is 2. The van der Waals surface area contributed by atoms with Gasteiger partial charge in [-0.3, -0.25) is 4.79 Å². The van der Waals surface area contributed by atoms with Crippen LogP contribution in [0.4, 0.5) is 11.4 Å². The fourth-order valence-electron chi connectivity index (χ4n) is 2.37. The van der Waals surface area contributed by atoms with Crippen LogP contribution in [0.15, 0.2) is 48.5 Å². The van der Waals surface area contributed by atoms with E-state index in [1.165, 1.54) is 5.56 Å². The molecule has 2 rings (SSSR count). The number of hydrogen-bond donors (Lipinski definition) is 1. The second-order valence-electron chi connectivity index (χ2n) is 6.75. The van der Waals surface area contributed by atoms with Crippen LogP contribution in [0, 0.1) is 0 Å². The van der Waals surface area contributed by atoms with E-state index in [9.17, 15) is 9.59 Å². The van der Waals surface area contributed by atoms with Crippen LogP contribution in [0.1, 0.15) is 42.6 Å². The number of carbonyl (C=O) groups is 2. The largest absolute Gasteiger partial charge is 0.449 e. The molecule has 5 heteroatoms. The molecule has 1 N–H and O–H groups in total. The van der Waals surface area contributed by atoms with Crippen LogP contribution >= 0.6 is 0 Å². The summed E-state index contributed by atoms with van der Waals surface area (Å²) < 4.78 is 5.27. The number of nitrogens with zero attached hydrogens (tertiary/aromatic N) is 1. The van der Waals surface area contributed by atoms with Gasteiger partial charge in [0.1, 0.15) is 0 Å². The Morgan fingerprint density at radius 1 is 0.923 bits per heavy atom. The minimum absolute atomic E-state index is 0.361.